The maximum atomic E-state index is 13.9. The summed E-state index contributed by atoms with van der Waals surface area (Å²) in [6, 6.07) is 15.4. The Kier molecular flexibility index (Phi) is 7.67. The maximum absolute atomic E-state index is 13.9. The first-order valence-electron chi connectivity index (χ1n) is 11.8. The Morgan fingerprint density at radius 1 is 0.917 bits per heavy atom. The van der Waals surface area contributed by atoms with Crippen LogP contribution in [0.3, 0.4) is 0 Å². The van der Waals surface area contributed by atoms with E-state index in [1.54, 1.807) is 54.6 Å². The molecular formula is C28H25Br2NO4S. The number of fused-ring (bicyclic) bond motifs is 1. The Balaban J connectivity index is 1.46. The molecule has 1 fully saturated rings. The number of phenolic OH excluding ortho intramolecular Hbond substituents is 2. The first-order valence-corrected chi connectivity index (χ1v) is 14.2. The van der Waals surface area contributed by atoms with Crippen LogP contribution in [0.25, 0.3) is 20.5 Å². The number of thiophene rings is 1. The topological polar surface area (TPSA) is 70.0 Å². The fraction of sp³-hybridized carbons (Fsp3) is 0.250. The number of ether oxygens (including phenoxy) is 1. The fourth-order valence-corrected chi connectivity index (χ4v) is 7.21. The summed E-state index contributed by atoms with van der Waals surface area (Å²) in [5.74, 6) is 0.865. The van der Waals surface area contributed by atoms with Crippen molar-refractivity contribution in [1.82, 2.24) is 4.90 Å². The van der Waals surface area contributed by atoms with Crippen LogP contribution in [0.2, 0.25) is 0 Å². The number of likely N-dealkylation sites (tertiary alicyclic amines) is 1. The number of carbonyl (C=O) groups is 1. The van der Waals surface area contributed by atoms with Gasteiger partial charge in [0.05, 0.1) is 8.95 Å². The van der Waals surface area contributed by atoms with Crippen molar-refractivity contribution in [3.05, 3.63) is 74.7 Å². The summed E-state index contributed by atoms with van der Waals surface area (Å²) >= 11 is 8.66. The van der Waals surface area contributed by atoms with Gasteiger partial charge in [-0.15, -0.1) is 11.3 Å². The van der Waals surface area contributed by atoms with Crippen molar-refractivity contribution in [3.63, 3.8) is 0 Å². The third-order valence-electron chi connectivity index (χ3n) is 6.39. The number of hydrogen-bond acceptors (Lipinski definition) is 6. The van der Waals surface area contributed by atoms with Gasteiger partial charge in [0.2, 0.25) is 0 Å². The van der Waals surface area contributed by atoms with Crippen molar-refractivity contribution >= 4 is 59.1 Å². The van der Waals surface area contributed by atoms with E-state index in [2.05, 4.69) is 36.8 Å². The van der Waals surface area contributed by atoms with Crippen molar-refractivity contribution in [2.75, 3.05) is 26.2 Å². The average molecular weight is 631 g/mol. The molecule has 36 heavy (non-hydrogen) atoms. The lowest BCUT2D eigenvalue weighted by Crippen LogP contribution is -2.33. The summed E-state index contributed by atoms with van der Waals surface area (Å²) in [5.41, 5.74) is 1.91. The smallest absolute Gasteiger partial charge is 0.195 e. The summed E-state index contributed by atoms with van der Waals surface area (Å²) < 4.78 is 8.32. The first-order chi connectivity index (χ1) is 17.4. The molecular weight excluding hydrogens is 606 g/mol. The van der Waals surface area contributed by atoms with Crippen LogP contribution in [0.15, 0.2) is 63.5 Å². The van der Waals surface area contributed by atoms with Crippen molar-refractivity contribution in [1.29, 1.82) is 0 Å². The van der Waals surface area contributed by atoms with Gasteiger partial charge in [-0.25, -0.2) is 0 Å². The van der Waals surface area contributed by atoms with Crippen LogP contribution in [-0.4, -0.2) is 47.1 Å². The number of hydrogen-bond donors (Lipinski definition) is 2. The Hall–Kier alpha value is -2.39. The minimum Gasteiger partial charge on any atom is -0.508 e. The molecule has 1 saturated heterocycles. The molecule has 4 aromatic rings. The lowest BCUT2D eigenvalue weighted by molar-refractivity contribution is 0.104. The van der Waals surface area contributed by atoms with E-state index in [9.17, 15) is 15.0 Å². The van der Waals surface area contributed by atoms with Crippen LogP contribution in [0.5, 0.6) is 17.2 Å². The third-order valence-corrected chi connectivity index (χ3v) is 8.77. The van der Waals surface area contributed by atoms with Crippen LogP contribution < -0.4 is 4.74 Å². The molecule has 0 amide bonds. The molecule has 0 aliphatic carbocycles. The van der Waals surface area contributed by atoms with Gasteiger partial charge < -0.3 is 14.9 Å². The van der Waals surface area contributed by atoms with Gasteiger partial charge in [-0.2, -0.15) is 0 Å². The molecule has 2 heterocycles. The molecule has 2 N–H and O–H groups in total. The van der Waals surface area contributed by atoms with E-state index < -0.39 is 0 Å². The van der Waals surface area contributed by atoms with E-state index >= 15 is 0 Å². The first kappa shape index (κ1) is 25.3. The lowest BCUT2D eigenvalue weighted by atomic mass is 9.97. The number of aromatic hydroxyl groups is 2. The third kappa shape index (κ3) is 5.32. The van der Waals surface area contributed by atoms with Gasteiger partial charge in [-0.3, -0.25) is 9.69 Å². The standard InChI is InChI=1S/C28H25Br2NO4S/c29-22-14-18(15-23(30)27(22)35-13-12-31-10-2-1-3-11-31)26(34)25-21-9-8-20(33)16-24(21)36-28(25)17-4-6-19(32)7-5-17/h4-9,14-16,32-33H,1-3,10-13H2. The fourth-order valence-electron chi connectivity index (χ4n) is 4.56. The van der Waals surface area contributed by atoms with Gasteiger partial charge >= 0.3 is 0 Å². The average Bonchev–Trinajstić information content (AvgIpc) is 3.24. The van der Waals surface area contributed by atoms with Crippen molar-refractivity contribution in [2.24, 2.45) is 0 Å². The predicted molar refractivity (Wildman–Crippen MR) is 152 cm³/mol. The normalized spacial score (nSPS) is 14.3. The highest BCUT2D eigenvalue weighted by Gasteiger charge is 2.24. The van der Waals surface area contributed by atoms with E-state index in [0.29, 0.717) is 32.4 Å². The summed E-state index contributed by atoms with van der Waals surface area (Å²) in [5, 5.41) is 20.5. The molecule has 8 heteroatoms. The number of ketones is 1. The predicted octanol–water partition coefficient (Wildman–Crippen LogP) is 7.60. The summed E-state index contributed by atoms with van der Waals surface area (Å²) in [6.45, 7) is 3.70. The highest BCUT2D eigenvalue weighted by atomic mass is 79.9. The molecule has 0 bridgehead atoms. The molecule has 1 aliphatic rings. The Morgan fingerprint density at radius 3 is 2.28 bits per heavy atom. The van der Waals surface area contributed by atoms with Gasteiger partial charge in [0.15, 0.2) is 5.78 Å². The van der Waals surface area contributed by atoms with E-state index in [1.165, 1.54) is 30.6 Å². The summed E-state index contributed by atoms with van der Waals surface area (Å²) in [7, 11) is 0. The van der Waals surface area contributed by atoms with Gasteiger partial charge in [0.25, 0.3) is 0 Å². The Bertz CT molecular complexity index is 1390. The molecule has 0 saturated carbocycles. The second-order valence-electron chi connectivity index (χ2n) is 8.88. The second kappa shape index (κ2) is 10.9. The molecule has 0 atom stereocenters. The second-order valence-corrected chi connectivity index (χ2v) is 11.6. The minimum absolute atomic E-state index is 0.128. The Morgan fingerprint density at radius 2 is 1.58 bits per heavy atom. The quantitative estimate of drug-likeness (QED) is 0.206. The zero-order chi connectivity index (χ0) is 25.2. The molecule has 0 radical (unpaired) electrons. The Labute approximate surface area is 230 Å². The molecule has 1 aromatic heterocycles. The van der Waals surface area contributed by atoms with Crippen LogP contribution >= 0.6 is 43.2 Å². The number of phenols is 2. The van der Waals surface area contributed by atoms with Crippen molar-refractivity contribution in [3.8, 4) is 27.7 Å². The zero-order valence-corrected chi connectivity index (χ0v) is 23.5. The largest absolute Gasteiger partial charge is 0.508 e. The highest BCUT2D eigenvalue weighted by Crippen LogP contribution is 2.43. The molecule has 3 aromatic carbocycles. The molecule has 0 unspecified atom stereocenters. The van der Waals surface area contributed by atoms with Crippen molar-refractivity contribution < 1.29 is 19.7 Å². The van der Waals surface area contributed by atoms with Gasteiger partial charge in [-0.05, 0) is 118 Å². The van der Waals surface area contributed by atoms with Gasteiger partial charge in [0, 0.05) is 32.6 Å². The van der Waals surface area contributed by atoms with Crippen LogP contribution in [-0.2, 0) is 0 Å². The number of carbonyl (C=O) groups excluding carboxylic acids is 1. The van der Waals surface area contributed by atoms with E-state index in [0.717, 1.165) is 40.2 Å². The lowest BCUT2D eigenvalue weighted by Gasteiger charge is -2.26. The van der Waals surface area contributed by atoms with E-state index in [4.69, 9.17) is 4.74 Å². The molecule has 186 valence electrons. The summed E-state index contributed by atoms with van der Waals surface area (Å²) in [4.78, 5) is 17.1. The van der Waals surface area contributed by atoms with E-state index in [-0.39, 0.29) is 17.3 Å². The number of halogens is 2. The van der Waals surface area contributed by atoms with Crippen molar-refractivity contribution in [2.45, 2.75) is 19.3 Å². The summed E-state index contributed by atoms with van der Waals surface area (Å²) in [6.07, 6.45) is 3.79. The SMILES string of the molecule is O=C(c1cc(Br)c(OCCN2CCCCC2)c(Br)c1)c1c(-c2ccc(O)cc2)sc2cc(O)ccc12. The minimum atomic E-state index is -0.128. The molecule has 5 nitrogen and oxygen atoms in total. The monoisotopic (exact) mass is 629 g/mol. The molecule has 0 spiro atoms. The molecule has 1 aliphatic heterocycles. The van der Waals surface area contributed by atoms with Gasteiger partial charge in [-0.1, -0.05) is 6.42 Å². The molecule has 5 rings (SSSR count). The van der Waals surface area contributed by atoms with Crippen LogP contribution in [0.4, 0.5) is 0 Å². The number of piperidine rings is 1. The zero-order valence-electron chi connectivity index (χ0n) is 19.5. The van der Waals surface area contributed by atoms with E-state index in [1.807, 2.05) is 0 Å². The number of nitrogens with zero attached hydrogens (tertiary/aromatic N) is 1. The number of rotatable bonds is 7. The van der Waals surface area contributed by atoms with Crippen LogP contribution in [0.1, 0.15) is 35.2 Å². The van der Waals surface area contributed by atoms with Gasteiger partial charge in [0.1, 0.15) is 23.9 Å². The van der Waals surface area contributed by atoms with Crippen LogP contribution in [0, 0.1) is 0 Å². The highest BCUT2D eigenvalue weighted by molar-refractivity contribution is 9.11. The maximum Gasteiger partial charge on any atom is 0.195 e. The number of benzene rings is 3.